The van der Waals surface area contributed by atoms with Crippen LogP contribution in [0.5, 0.6) is 0 Å². The number of terminal acetylenes is 1. The predicted molar refractivity (Wildman–Crippen MR) is 146 cm³/mol. The number of para-hydroxylation sites is 2. The van der Waals surface area contributed by atoms with Gasteiger partial charge in [-0.25, -0.2) is 0 Å². The zero-order valence-corrected chi connectivity index (χ0v) is 19.6. The molecular formula is C31H23ClN2. The van der Waals surface area contributed by atoms with Crippen LogP contribution in [0.15, 0.2) is 114 Å². The molecule has 1 heterocycles. The summed E-state index contributed by atoms with van der Waals surface area (Å²) in [6.07, 6.45) is 7.38. The third-order valence-electron chi connectivity index (χ3n) is 5.94. The van der Waals surface area contributed by atoms with E-state index >= 15 is 0 Å². The lowest BCUT2D eigenvalue weighted by molar-refractivity contribution is 1.18. The highest BCUT2D eigenvalue weighted by molar-refractivity contribution is 6.24. The normalized spacial score (nSPS) is 13.2. The second-order valence-corrected chi connectivity index (χ2v) is 8.57. The smallest absolute Gasteiger partial charge is 0.114 e. The summed E-state index contributed by atoms with van der Waals surface area (Å²) in [6.45, 7) is 1.99. The molecule has 34 heavy (non-hydrogen) atoms. The van der Waals surface area contributed by atoms with Gasteiger partial charge in [0.15, 0.2) is 0 Å². The van der Waals surface area contributed by atoms with Gasteiger partial charge < -0.3 is 4.57 Å². The van der Waals surface area contributed by atoms with Gasteiger partial charge in [0.25, 0.3) is 0 Å². The number of nitrogens with zero attached hydrogens (tertiary/aromatic N) is 2. The number of alkyl halides is 1. The van der Waals surface area contributed by atoms with Crippen molar-refractivity contribution in [3.8, 4) is 18.0 Å². The summed E-state index contributed by atoms with van der Waals surface area (Å²) in [5.41, 5.74) is 7.12. The van der Waals surface area contributed by atoms with Crippen LogP contribution >= 0.6 is 11.6 Å². The second kappa shape index (κ2) is 9.43. The molecular weight excluding hydrogens is 436 g/mol. The van der Waals surface area contributed by atoms with E-state index in [2.05, 4.69) is 83.3 Å². The van der Waals surface area contributed by atoms with Crippen LogP contribution in [0, 0.1) is 12.3 Å². The molecule has 0 radical (unpaired) electrons. The molecule has 5 aromatic rings. The first-order valence-electron chi connectivity index (χ1n) is 11.2. The van der Waals surface area contributed by atoms with Gasteiger partial charge in [-0.2, -0.15) is 0 Å². The Morgan fingerprint density at radius 3 is 1.94 bits per heavy atom. The zero-order chi connectivity index (χ0) is 23.5. The lowest BCUT2D eigenvalue weighted by atomic mass is 10.1. The van der Waals surface area contributed by atoms with Crippen LogP contribution in [-0.4, -0.2) is 15.7 Å². The van der Waals surface area contributed by atoms with E-state index in [-0.39, 0.29) is 0 Å². The third-order valence-corrected chi connectivity index (χ3v) is 6.20. The lowest BCUT2D eigenvalue weighted by Crippen LogP contribution is -1.98. The van der Waals surface area contributed by atoms with Gasteiger partial charge in [-0.15, -0.1) is 18.0 Å². The summed E-state index contributed by atoms with van der Waals surface area (Å²) in [5.74, 6) is 2.57. The molecule has 2 nitrogen and oxygen atoms in total. The molecule has 0 aliphatic heterocycles. The van der Waals surface area contributed by atoms with E-state index < -0.39 is 5.38 Å². The fourth-order valence-electron chi connectivity index (χ4n) is 4.29. The van der Waals surface area contributed by atoms with Gasteiger partial charge in [-0.1, -0.05) is 84.8 Å². The molecule has 4 aromatic carbocycles. The zero-order valence-electron chi connectivity index (χ0n) is 18.8. The highest BCUT2D eigenvalue weighted by Gasteiger charge is 2.12. The van der Waals surface area contributed by atoms with Crippen LogP contribution in [-0.2, 0) is 0 Å². The van der Waals surface area contributed by atoms with Crippen LogP contribution in [0.4, 0.5) is 0 Å². The van der Waals surface area contributed by atoms with Crippen LogP contribution in [0.25, 0.3) is 33.2 Å². The SMILES string of the molecule is C#CC(Cl)/C=C(\N=C(/C)c1ccccc1)c1ccc(-n2c3ccccc3c3ccccc32)cc1. The van der Waals surface area contributed by atoms with Gasteiger partial charge in [0.05, 0.1) is 16.7 Å². The molecule has 0 amide bonds. The lowest BCUT2D eigenvalue weighted by Gasteiger charge is -2.11. The molecule has 0 spiro atoms. The van der Waals surface area contributed by atoms with Gasteiger partial charge in [-0.05, 0) is 42.8 Å². The molecule has 0 aliphatic rings. The summed E-state index contributed by atoms with van der Waals surface area (Å²) in [4.78, 5) is 4.89. The van der Waals surface area contributed by atoms with E-state index in [1.165, 1.54) is 21.8 Å². The van der Waals surface area contributed by atoms with E-state index in [4.69, 9.17) is 23.0 Å². The van der Waals surface area contributed by atoms with Gasteiger partial charge in [0.2, 0.25) is 0 Å². The number of fused-ring (bicyclic) bond motifs is 3. The molecule has 164 valence electrons. The van der Waals surface area contributed by atoms with Gasteiger partial charge in [0, 0.05) is 27.7 Å². The molecule has 5 rings (SSSR count). The Labute approximate surface area is 204 Å². The van der Waals surface area contributed by atoms with Crippen molar-refractivity contribution in [3.63, 3.8) is 0 Å². The standard InChI is InChI=1S/C31H23ClN2/c1-3-25(32)21-29(33-22(2)23-11-5-4-6-12-23)24-17-19-26(20-18-24)34-30-15-9-7-13-27(30)28-14-8-10-16-31(28)34/h1,4-21,25H,2H3/b29-21-,33-22+. The second-order valence-electron chi connectivity index (χ2n) is 8.10. The maximum atomic E-state index is 6.30. The summed E-state index contributed by atoms with van der Waals surface area (Å²) >= 11 is 6.30. The molecule has 0 aliphatic carbocycles. The quantitative estimate of drug-likeness (QED) is 0.145. The Balaban J connectivity index is 1.60. The van der Waals surface area contributed by atoms with Crippen molar-refractivity contribution >= 4 is 44.8 Å². The average molecular weight is 459 g/mol. The van der Waals surface area contributed by atoms with E-state index in [1.54, 1.807) is 0 Å². The molecule has 1 aromatic heterocycles. The Morgan fingerprint density at radius 2 is 1.35 bits per heavy atom. The van der Waals surface area contributed by atoms with Crippen LogP contribution < -0.4 is 0 Å². The molecule has 1 atom stereocenters. The highest BCUT2D eigenvalue weighted by atomic mass is 35.5. The maximum absolute atomic E-state index is 6.30. The summed E-state index contributed by atoms with van der Waals surface area (Å²) in [6, 6.07) is 35.5. The summed E-state index contributed by atoms with van der Waals surface area (Å²) in [7, 11) is 0. The van der Waals surface area contributed by atoms with Crippen molar-refractivity contribution in [2.45, 2.75) is 12.3 Å². The van der Waals surface area contributed by atoms with Gasteiger partial charge in [0.1, 0.15) is 5.38 Å². The van der Waals surface area contributed by atoms with Crippen molar-refractivity contribution in [2.75, 3.05) is 0 Å². The number of hydrogen-bond donors (Lipinski definition) is 0. The van der Waals surface area contributed by atoms with Crippen LogP contribution in [0.2, 0.25) is 0 Å². The fraction of sp³-hybridized carbons (Fsp3) is 0.0645. The number of hydrogen-bond acceptors (Lipinski definition) is 1. The number of aromatic nitrogens is 1. The summed E-state index contributed by atoms with van der Waals surface area (Å²) in [5, 5.41) is 1.94. The monoisotopic (exact) mass is 458 g/mol. The van der Waals surface area contributed by atoms with Crippen molar-refractivity contribution in [1.82, 2.24) is 4.57 Å². The number of halogens is 1. The van der Waals surface area contributed by atoms with Gasteiger partial charge in [-0.3, -0.25) is 4.99 Å². The number of allylic oxidation sites excluding steroid dienone is 1. The third kappa shape index (κ3) is 4.15. The predicted octanol–water partition coefficient (Wildman–Crippen LogP) is 7.87. The summed E-state index contributed by atoms with van der Waals surface area (Å²) < 4.78 is 2.29. The van der Waals surface area contributed by atoms with E-state index in [9.17, 15) is 0 Å². The number of benzene rings is 4. The first-order valence-corrected chi connectivity index (χ1v) is 11.6. The molecule has 0 fully saturated rings. The van der Waals surface area contributed by atoms with E-state index in [0.717, 1.165) is 28.2 Å². The first-order chi connectivity index (χ1) is 16.7. The van der Waals surface area contributed by atoms with Crippen molar-refractivity contribution < 1.29 is 0 Å². The van der Waals surface area contributed by atoms with Crippen LogP contribution in [0.1, 0.15) is 18.1 Å². The van der Waals surface area contributed by atoms with Crippen LogP contribution in [0.3, 0.4) is 0 Å². The molecule has 0 saturated heterocycles. The Kier molecular flexibility index (Phi) is 6.04. The Morgan fingerprint density at radius 1 is 0.794 bits per heavy atom. The molecule has 1 unspecified atom stereocenters. The molecule has 3 heteroatoms. The number of aliphatic imine (C=N–C) groups is 1. The van der Waals surface area contributed by atoms with E-state index in [0.29, 0.717) is 0 Å². The maximum Gasteiger partial charge on any atom is 0.114 e. The first kappa shape index (κ1) is 21.8. The largest absolute Gasteiger partial charge is 0.309 e. The van der Waals surface area contributed by atoms with Gasteiger partial charge >= 0.3 is 0 Å². The average Bonchev–Trinajstić information content (AvgIpc) is 3.23. The van der Waals surface area contributed by atoms with Crippen molar-refractivity contribution in [1.29, 1.82) is 0 Å². The van der Waals surface area contributed by atoms with Crippen molar-refractivity contribution in [2.24, 2.45) is 4.99 Å². The molecule has 0 saturated carbocycles. The topological polar surface area (TPSA) is 17.3 Å². The Hall–Kier alpha value is -4.06. The van der Waals surface area contributed by atoms with Crippen molar-refractivity contribution in [3.05, 3.63) is 120 Å². The van der Waals surface area contributed by atoms with E-state index in [1.807, 2.05) is 43.3 Å². The fourth-order valence-corrected chi connectivity index (χ4v) is 4.41. The number of rotatable bonds is 5. The Bertz CT molecular complexity index is 1510. The molecule has 0 N–H and O–H groups in total. The minimum Gasteiger partial charge on any atom is -0.309 e. The highest BCUT2D eigenvalue weighted by Crippen LogP contribution is 2.32. The minimum absolute atomic E-state index is 0.542. The minimum atomic E-state index is -0.542. The molecule has 0 bridgehead atoms.